The van der Waals surface area contributed by atoms with Crippen molar-refractivity contribution in [2.45, 2.75) is 62.8 Å². The van der Waals surface area contributed by atoms with Gasteiger partial charge in [0.2, 0.25) is 0 Å². The van der Waals surface area contributed by atoms with Gasteiger partial charge in [-0.25, -0.2) is 0 Å². The van der Waals surface area contributed by atoms with E-state index in [0.717, 1.165) is 18.6 Å². The zero-order chi connectivity index (χ0) is 13.3. The first kappa shape index (κ1) is 13.5. The maximum absolute atomic E-state index is 6.33. The Morgan fingerprint density at radius 1 is 1.26 bits per heavy atom. The van der Waals surface area contributed by atoms with E-state index < -0.39 is 0 Å². The summed E-state index contributed by atoms with van der Waals surface area (Å²) in [6.45, 7) is 2.19. The van der Waals surface area contributed by atoms with Crippen LogP contribution in [-0.4, -0.2) is 10.9 Å². The highest BCUT2D eigenvalue weighted by Crippen LogP contribution is 2.56. The molecule has 2 heteroatoms. The lowest BCUT2D eigenvalue weighted by Crippen LogP contribution is -2.57. The third kappa shape index (κ3) is 2.44. The normalized spacial score (nSPS) is 28.9. The Labute approximate surface area is 124 Å². The van der Waals surface area contributed by atoms with Crippen LogP contribution < -0.4 is 4.74 Å². The van der Waals surface area contributed by atoms with Gasteiger partial charge in [0.25, 0.3) is 0 Å². The van der Waals surface area contributed by atoms with Gasteiger partial charge in [-0.2, -0.15) is 0 Å². The van der Waals surface area contributed by atoms with E-state index in [0.29, 0.717) is 16.3 Å². The Bertz CT molecular complexity index is 437. The number of benzene rings is 1. The molecule has 0 aliphatic heterocycles. The van der Waals surface area contributed by atoms with Crippen molar-refractivity contribution in [2.24, 2.45) is 5.41 Å². The maximum atomic E-state index is 6.33. The molecule has 0 bridgehead atoms. The molecule has 2 unspecified atom stereocenters. The molecule has 0 heterocycles. The Kier molecular flexibility index (Phi) is 3.88. The van der Waals surface area contributed by atoms with Crippen LogP contribution in [0.3, 0.4) is 0 Å². The Morgan fingerprint density at radius 3 is 2.74 bits per heavy atom. The fraction of sp³-hybridized carbons (Fsp3) is 0.647. The minimum atomic E-state index is 0.417. The highest BCUT2D eigenvalue weighted by Gasteiger charge is 2.55. The number of halogens is 1. The van der Waals surface area contributed by atoms with Crippen LogP contribution in [-0.2, 0) is 6.42 Å². The zero-order valence-corrected chi connectivity index (χ0v) is 13.3. The number of aryl methyl sites for hydroxylation is 1. The first-order chi connectivity index (χ1) is 9.24. The van der Waals surface area contributed by atoms with Gasteiger partial charge in [0.15, 0.2) is 0 Å². The van der Waals surface area contributed by atoms with Gasteiger partial charge in [-0.05, 0) is 43.4 Å². The second-order valence-electron chi connectivity index (χ2n) is 6.10. The summed E-state index contributed by atoms with van der Waals surface area (Å²) < 4.78 is 6.33. The van der Waals surface area contributed by atoms with Crippen molar-refractivity contribution in [1.29, 1.82) is 0 Å². The predicted molar refractivity (Wildman–Crippen MR) is 83.1 cm³/mol. The minimum Gasteiger partial charge on any atom is -0.490 e. The highest BCUT2D eigenvalue weighted by atomic mass is 79.9. The average molecular weight is 323 g/mol. The van der Waals surface area contributed by atoms with Crippen LogP contribution in [0.15, 0.2) is 24.3 Å². The highest BCUT2D eigenvalue weighted by molar-refractivity contribution is 9.09. The van der Waals surface area contributed by atoms with E-state index in [9.17, 15) is 0 Å². The summed E-state index contributed by atoms with van der Waals surface area (Å²) in [7, 11) is 0. The second kappa shape index (κ2) is 5.47. The smallest absolute Gasteiger partial charge is 0.120 e. The third-order valence-electron chi connectivity index (χ3n) is 5.06. The van der Waals surface area contributed by atoms with Crippen molar-refractivity contribution in [2.75, 3.05) is 0 Å². The average Bonchev–Trinajstić information content (AvgIpc) is 2.48. The lowest BCUT2D eigenvalue weighted by molar-refractivity contribution is -0.0601. The van der Waals surface area contributed by atoms with Gasteiger partial charge in [0, 0.05) is 10.2 Å². The number of rotatable bonds is 3. The molecule has 2 saturated carbocycles. The molecule has 2 atom stereocenters. The molecule has 0 amide bonds. The first-order valence-electron chi connectivity index (χ1n) is 7.64. The van der Waals surface area contributed by atoms with E-state index in [1.807, 2.05) is 0 Å². The molecule has 0 saturated heterocycles. The van der Waals surface area contributed by atoms with Crippen molar-refractivity contribution in [3.05, 3.63) is 29.8 Å². The summed E-state index contributed by atoms with van der Waals surface area (Å²) in [5.74, 6) is 1.06. The van der Waals surface area contributed by atoms with Gasteiger partial charge in [0.05, 0.1) is 0 Å². The molecule has 1 aromatic rings. The summed E-state index contributed by atoms with van der Waals surface area (Å²) in [4.78, 5) is 0.666. The van der Waals surface area contributed by atoms with Crippen LogP contribution in [0.1, 0.15) is 51.0 Å². The molecule has 0 aromatic heterocycles. The molecule has 104 valence electrons. The number of hydrogen-bond acceptors (Lipinski definition) is 1. The van der Waals surface area contributed by atoms with E-state index >= 15 is 0 Å². The van der Waals surface area contributed by atoms with Crippen molar-refractivity contribution in [3.8, 4) is 5.75 Å². The Hall–Kier alpha value is -0.500. The van der Waals surface area contributed by atoms with E-state index in [2.05, 4.69) is 47.1 Å². The molecule has 0 N–H and O–H groups in total. The summed E-state index contributed by atoms with van der Waals surface area (Å²) in [5, 5.41) is 0. The van der Waals surface area contributed by atoms with E-state index in [4.69, 9.17) is 4.74 Å². The molecular weight excluding hydrogens is 300 g/mol. The zero-order valence-electron chi connectivity index (χ0n) is 11.7. The maximum Gasteiger partial charge on any atom is 0.120 e. The van der Waals surface area contributed by atoms with Crippen LogP contribution in [0.5, 0.6) is 5.75 Å². The minimum absolute atomic E-state index is 0.417. The molecule has 19 heavy (non-hydrogen) atoms. The molecule has 0 radical (unpaired) electrons. The largest absolute Gasteiger partial charge is 0.490 e. The molecular formula is C17H23BrO. The Balaban J connectivity index is 1.72. The SMILES string of the molecule is CCc1cccc(OC2CC(Br)C23CCCCC3)c1. The lowest BCUT2D eigenvalue weighted by atomic mass is 9.58. The van der Waals surface area contributed by atoms with Crippen LogP contribution in [0.25, 0.3) is 0 Å². The van der Waals surface area contributed by atoms with Crippen molar-refractivity contribution >= 4 is 15.9 Å². The van der Waals surface area contributed by atoms with Crippen molar-refractivity contribution in [3.63, 3.8) is 0 Å². The Morgan fingerprint density at radius 2 is 2.05 bits per heavy atom. The summed E-state index contributed by atoms with van der Waals surface area (Å²) in [5.41, 5.74) is 1.78. The van der Waals surface area contributed by atoms with E-state index in [1.54, 1.807) is 0 Å². The van der Waals surface area contributed by atoms with Crippen LogP contribution >= 0.6 is 15.9 Å². The number of ether oxygens (including phenoxy) is 1. The molecule has 2 aliphatic carbocycles. The van der Waals surface area contributed by atoms with Crippen LogP contribution in [0, 0.1) is 5.41 Å². The van der Waals surface area contributed by atoms with Gasteiger partial charge in [-0.1, -0.05) is 54.2 Å². The molecule has 1 nitrogen and oxygen atoms in total. The lowest BCUT2D eigenvalue weighted by Gasteiger charge is -2.55. The van der Waals surface area contributed by atoms with E-state index in [1.165, 1.54) is 37.7 Å². The number of alkyl halides is 1. The van der Waals surface area contributed by atoms with Gasteiger partial charge >= 0.3 is 0 Å². The molecule has 3 rings (SSSR count). The molecule has 1 spiro atoms. The first-order valence-corrected chi connectivity index (χ1v) is 8.56. The fourth-order valence-electron chi connectivity index (χ4n) is 3.71. The van der Waals surface area contributed by atoms with Gasteiger partial charge in [0.1, 0.15) is 11.9 Å². The summed E-state index contributed by atoms with van der Waals surface area (Å²) in [6, 6.07) is 8.61. The third-order valence-corrected chi connectivity index (χ3v) is 6.34. The van der Waals surface area contributed by atoms with Crippen molar-refractivity contribution < 1.29 is 4.74 Å². The van der Waals surface area contributed by atoms with Crippen LogP contribution in [0.4, 0.5) is 0 Å². The predicted octanol–water partition coefficient (Wildman–Crippen LogP) is 5.11. The second-order valence-corrected chi connectivity index (χ2v) is 7.21. The molecule has 1 aromatic carbocycles. The fourth-order valence-corrected chi connectivity index (χ4v) is 4.80. The van der Waals surface area contributed by atoms with Crippen molar-refractivity contribution in [1.82, 2.24) is 0 Å². The van der Waals surface area contributed by atoms with E-state index in [-0.39, 0.29) is 0 Å². The standard InChI is InChI=1S/C17H23BrO/c1-2-13-7-6-8-14(11-13)19-16-12-15(18)17(16)9-4-3-5-10-17/h6-8,11,15-16H,2-5,9-10,12H2,1H3. The van der Waals surface area contributed by atoms with Crippen LogP contribution in [0.2, 0.25) is 0 Å². The molecule has 2 fully saturated rings. The monoisotopic (exact) mass is 322 g/mol. The topological polar surface area (TPSA) is 9.23 Å². The molecule has 2 aliphatic rings. The van der Waals surface area contributed by atoms with Gasteiger partial charge in [-0.15, -0.1) is 0 Å². The number of hydrogen-bond donors (Lipinski definition) is 0. The van der Waals surface area contributed by atoms with Gasteiger partial charge in [-0.3, -0.25) is 0 Å². The van der Waals surface area contributed by atoms with Gasteiger partial charge < -0.3 is 4.74 Å². The summed E-state index contributed by atoms with van der Waals surface area (Å²) >= 11 is 3.88. The summed E-state index contributed by atoms with van der Waals surface area (Å²) in [6.07, 6.45) is 9.48. The quantitative estimate of drug-likeness (QED) is 0.702.